The quantitative estimate of drug-likeness (QED) is 0.879. The molecule has 0 amide bonds. The van der Waals surface area contributed by atoms with Crippen LogP contribution in [0.25, 0.3) is 10.7 Å². The van der Waals surface area contributed by atoms with Crippen LogP contribution in [0.15, 0.2) is 23.6 Å². The summed E-state index contributed by atoms with van der Waals surface area (Å²) in [5.41, 5.74) is 1.89. The summed E-state index contributed by atoms with van der Waals surface area (Å²) in [7, 11) is 3.52. The number of hydrogen-bond donors (Lipinski definition) is 1. The molecule has 16 heavy (non-hydrogen) atoms. The van der Waals surface area contributed by atoms with E-state index in [1.54, 1.807) is 18.4 Å². The van der Waals surface area contributed by atoms with Crippen molar-refractivity contribution in [2.75, 3.05) is 14.2 Å². The normalized spacial score (nSPS) is 10.4. The molecule has 5 heteroatoms. The summed E-state index contributed by atoms with van der Waals surface area (Å²) in [4.78, 5) is 8.82. The second-order valence-corrected chi connectivity index (χ2v) is 4.10. The van der Waals surface area contributed by atoms with Crippen molar-refractivity contribution in [3.8, 4) is 16.6 Å². The third kappa shape index (κ3) is 2.37. The van der Waals surface area contributed by atoms with Gasteiger partial charge < -0.3 is 10.1 Å². The smallest absolute Gasteiger partial charge is 0.213 e. The maximum Gasteiger partial charge on any atom is 0.213 e. The Bertz CT molecular complexity index is 470. The van der Waals surface area contributed by atoms with Gasteiger partial charge in [0.2, 0.25) is 5.88 Å². The lowest BCUT2D eigenvalue weighted by Crippen LogP contribution is -2.04. The van der Waals surface area contributed by atoms with Gasteiger partial charge in [0.15, 0.2) is 0 Å². The van der Waals surface area contributed by atoms with Gasteiger partial charge in [0.25, 0.3) is 0 Å². The summed E-state index contributed by atoms with van der Waals surface area (Å²) < 4.78 is 5.08. The first-order valence-corrected chi connectivity index (χ1v) is 5.82. The molecule has 2 heterocycles. The Kier molecular flexibility index (Phi) is 3.48. The van der Waals surface area contributed by atoms with E-state index < -0.39 is 0 Å². The highest BCUT2D eigenvalue weighted by molar-refractivity contribution is 7.13. The number of pyridine rings is 1. The fourth-order valence-electron chi connectivity index (χ4n) is 1.33. The summed E-state index contributed by atoms with van der Waals surface area (Å²) >= 11 is 1.59. The van der Waals surface area contributed by atoms with E-state index in [2.05, 4.69) is 15.3 Å². The fraction of sp³-hybridized carbons (Fsp3) is 0.273. The van der Waals surface area contributed by atoms with Gasteiger partial charge in [-0.15, -0.1) is 11.3 Å². The lowest BCUT2D eigenvalue weighted by molar-refractivity contribution is 0.398. The van der Waals surface area contributed by atoms with Crippen molar-refractivity contribution in [3.05, 3.63) is 29.3 Å². The van der Waals surface area contributed by atoms with E-state index in [9.17, 15) is 0 Å². The third-order valence-corrected chi connectivity index (χ3v) is 2.98. The first-order chi connectivity index (χ1) is 7.83. The molecule has 2 aromatic heterocycles. The van der Waals surface area contributed by atoms with E-state index in [1.165, 1.54) is 0 Å². The van der Waals surface area contributed by atoms with Gasteiger partial charge in [-0.1, -0.05) is 6.07 Å². The molecule has 0 radical (unpaired) electrons. The van der Waals surface area contributed by atoms with Crippen LogP contribution in [0.3, 0.4) is 0 Å². The molecule has 0 saturated carbocycles. The molecule has 0 fully saturated rings. The van der Waals surface area contributed by atoms with Crippen molar-refractivity contribution in [2.45, 2.75) is 6.54 Å². The van der Waals surface area contributed by atoms with Gasteiger partial charge in [-0.3, -0.25) is 0 Å². The molecule has 0 atom stereocenters. The number of aromatic nitrogens is 2. The third-order valence-electron chi connectivity index (χ3n) is 2.06. The van der Waals surface area contributed by atoms with Crippen LogP contribution in [0.4, 0.5) is 0 Å². The van der Waals surface area contributed by atoms with Gasteiger partial charge in [-0.2, -0.15) is 0 Å². The molecule has 0 aliphatic heterocycles. The summed E-state index contributed by atoms with van der Waals surface area (Å²) in [5, 5.41) is 6.03. The van der Waals surface area contributed by atoms with Gasteiger partial charge in [-0.05, 0) is 13.1 Å². The molecule has 0 bridgehead atoms. The molecule has 2 rings (SSSR count). The molecule has 0 aliphatic rings. The molecule has 0 aliphatic carbocycles. The Morgan fingerprint density at radius 3 is 3.00 bits per heavy atom. The number of hydrogen-bond acceptors (Lipinski definition) is 5. The summed E-state index contributed by atoms with van der Waals surface area (Å²) in [6.07, 6.45) is 0. The zero-order valence-electron chi connectivity index (χ0n) is 9.23. The van der Waals surface area contributed by atoms with Gasteiger partial charge in [0.1, 0.15) is 10.7 Å². The van der Waals surface area contributed by atoms with Crippen LogP contribution in [-0.2, 0) is 6.54 Å². The Morgan fingerprint density at radius 1 is 1.38 bits per heavy atom. The molecule has 0 unspecified atom stereocenters. The predicted molar refractivity (Wildman–Crippen MR) is 64.7 cm³/mol. The van der Waals surface area contributed by atoms with E-state index in [1.807, 2.05) is 30.6 Å². The molecule has 0 aromatic carbocycles. The van der Waals surface area contributed by atoms with Crippen molar-refractivity contribution in [3.63, 3.8) is 0 Å². The highest BCUT2D eigenvalue weighted by Crippen LogP contribution is 2.23. The standard InChI is InChI=1S/C11H13N3OS/c1-12-6-8-7-16-11(13-8)9-4-3-5-10(14-9)15-2/h3-5,7,12H,6H2,1-2H3. The topological polar surface area (TPSA) is 47.0 Å². The Labute approximate surface area is 98.3 Å². The Balaban J connectivity index is 2.27. The molecule has 84 valence electrons. The van der Waals surface area contributed by atoms with Crippen LogP contribution in [-0.4, -0.2) is 24.1 Å². The molecule has 0 spiro atoms. The van der Waals surface area contributed by atoms with Crippen LogP contribution in [0.1, 0.15) is 5.69 Å². The second kappa shape index (κ2) is 5.05. The van der Waals surface area contributed by atoms with Crippen LogP contribution in [0, 0.1) is 0 Å². The second-order valence-electron chi connectivity index (χ2n) is 3.24. The molecular weight excluding hydrogens is 222 g/mol. The number of nitrogens with one attached hydrogen (secondary N) is 1. The van der Waals surface area contributed by atoms with Crippen molar-refractivity contribution >= 4 is 11.3 Å². The summed E-state index contributed by atoms with van der Waals surface area (Å²) in [5.74, 6) is 0.614. The van der Waals surface area contributed by atoms with Gasteiger partial charge in [0.05, 0.1) is 12.8 Å². The fourth-order valence-corrected chi connectivity index (χ4v) is 2.12. The Hall–Kier alpha value is -1.46. The maximum absolute atomic E-state index is 5.08. The molecule has 0 saturated heterocycles. The van der Waals surface area contributed by atoms with E-state index in [4.69, 9.17) is 4.74 Å². The molecule has 4 nitrogen and oxygen atoms in total. The zero-order valence-corrected chi connectivity index (χ0v) is 10.0. The lowest BCUT2D eigenvalue weighted by Gasteiger charge is -1.99. The molecular formula is C11H13N3OS. The van der Waals surface area contributed by atoms with Crippen LogP contribution in [0.5, 0.6) is 5.88 Å². The van der Waals surface area contributed by atoms with Crippen molar-refractivity contribution in [2.24, 2.45) is 0 Å². The van der Waals surface area contributed by atoms with Gasteiger partial charge >= 0.3 is 0 Å². The van der Waals surface area contributed by atoms with Gasteiger partial charge in [0, 0.05) is 18.0 Å². The monoisotopic (exact) mass is 235 g/mol. The maximum atomic E-state index is 5.08. The van der Waals surface area contributed by atoms with E-state index in [0.717, 1.165) is 22.9 Å². The minimum absolute atomic E-state index is 0.614. The minimum atomic E-state index is 0.614. The van der Waals surface area contributed by atoms with Crippen LogP contribution < -0.4 is 10.1 Å². The van der Waals surface area contributed by atoms with Crippen LogP contribution in [0.2, 0.25) is 0 Å². The average Bonchev–Trinajstić information content (AvgIpc) is 2.78. The first kappa shape index (κ1) is 11.0. The Morgan fingerprint density at radius 2 is 2.25 bits per heavy atom. The first-order valence-electron chi connectivity index (χ1n) is 4.94. The van der Waals surface area contributed by atoms with E-state index in [-0.39, 0.29) is 0 Å². The largest absolute Gasteiger partial charge is 0.481 e. The predicted octanol–water partition coefficient (Wildman–Crippen LogP) is 1.93. The number of nitrogens with zero attached hydrogens (tertiary/aromatic N) is 2. The molecule has 1 N–H and O–H groups in total. The number of rotatable bonds is 4. The number of ether oxygens (including phenoxy) is 1. The average molecular weight is 235 g/mol. The number of thiazole rings is 1. The highest BCUT2D eigenvalue weighted by Gasteiger charge is 2.06. The minimum Gasteiger partial charge on any atom is -0.481 e. The van der Waals surface area contributed by atoms with Crippen molar-refractivity contribution in [1.82, 2.24) is 15.3 Å². The van der Waals surface area contributed by atoms with Crippen LogP contribution >= 0.6 is 11.3 Å². The van der Waals surface area contributed by atoms with E-state index >= 15 is 0 Å². The van der Waals surface area contributed by atoms with E-state index in [0.29, 0.717) is 5.88 Å². The lowest BCUT2D eigenvalue weighted by atomic mass is 10.3. The SMILES string of the molecule is CNCc1csc(-c2cccc(OC)n2)n1. The van der Waals surface area contributed by atoms with Crippen molar-refractivity contribution in [1.29, 1.82) is 0 Å². The van der Waals surface area contributed by atoms with Crippen molar-refractivity contribution < 1.29 is 4.74 Å². The molecule has 2 aromatic rings. The summed E-state index contributed by atoms with van der Waals surface area (Å²) in [6.45, 7) is 0.778. The highest BCUT2D eigenvalue weighted by atomic mass is 32.1. The zero-order chi connectivity index (χ0) is 11.4. The van der Waals surface area contributed by atoms with Gasteiger partial charge in [-0.25, -0.2) is 9.97 Å². The number of methoxy groups -OCH3 is 1. The summed E-state index contributed by atoms with van der Waals surface area (Å²) in [6, 6.07) is 5.68.